The fraction of sp³-hybridized carbons (Fsp3) is 0.348. The van der Waals surface area contributed by atoms with Gasteiger partial charge in [0.05, 0.1) is 12.7 Å². The predicted molar refractivity (Wildman–Crippen MR) is 110 cm³/mol. The molecule has 2 heterocycles. The number of halogens is 2. The highest BCUT2D eigenvalue weighted by Crippen LogP contribution is 2.31. The number of carbonyl (C=O) groups is 1. The molecule has 30 heavy (non-hydrogen) atoms. The second kappa shape index (κ2) is 8.83. The first-order valence-electron chi connectivity index (χ1n) is 10.1. The number of aromatic amines is 1. The first-order valence-corrected chi connectivity index (χ1v) is 10.1. The molecule has 2 N–H and O–H groups in total. The van der Waals surface area contributed by atoms with Crippen LogP contribution in [0.15, 0.2) is 36.5 Å². The molecule has 0 radical (unpaired) electrons. The lowest BCUT2D eigenvalue weighted by Crippen LogP contribution is -2.40. The quantitative estimate of drug-likeness (QED) is 0.450. The Labute approximate surface area is 173 Å². The molecule has 2 aromatic carbocycles. The van der Waals surface area contributed by atoms with E-state index in [0.717, 1.165) is 42.3 Å². The van der Waals surface area contributed by atoms with E-state index in [1.54, 1.807) is 12.1 Å². The summed E-state index contributed by atoms with van der Waals surface area (Å²) in [5.74, 6) is -1.05. The Balaban J connectivity index is 1.30. The zero-order valence-corrected chi connectivity index (χ0v) is 16.8. The lowest BCUT2D eigenvalue weighted by Gasteiger charge is -2.27. The number of H-pyrrole nitrogens is 1. The maximum Gasteiger partial charge on any atom is 0.338 e. The summed E-state index contributed by atoms with van der Waals surface area (Å²) < 4.78 is 37.9. The molecule has 0 aliphatic carbocycles. The number of fused-ring (bicyclic) bond motifs is 2. The number of esters is 1. The number of ether oxygens (including phenoxy) is 2. The van der Waals surface area contributed by atoms with Crippen molar-refractivity contribution in [2.45, 2.75) is 31.7 Å². The monoisotopic (exact) mass is 414 g/mol. The summed E-state index contributed by atoms with van der Waals surface area (Å²) in [6.07, 6.45) is 5.17. The second-order valence-corrected chi connectivity index (χ2v) is 7.52. The van der Waals surface area contributed by atoms with Gasteiger partial charge in [-0.3, -0.25) is 0 Å². The minimum atomic E-state index is -0.495. The van der Waals surface area contributed by atoms with E-state index < -0.39 is 11.8 Å². The van der Waals surface area contributed by atoms with Gasteiger partial charge in [0.1, 0.15) is 12.4 Å². The molecular formula is C23H24F2N2O3. The first-order chi connectivity index (χ1) is 14.6. The number of carbonyl (C=O) groups excluding carboxylic acids is 1. The summed E-state index contributed by atoms with van der Waals surface area (Å²) in [4.78, 5) is 15.2. The SMILES string of the molecule is COC(=O)c1ccc(F)c2c1CC(NCCCCc1c[nH]c3ccc(F)cc13)CO2. The fourth-order valence-electron chi connectivity index (χ4n) is 3.98. The van der Waals surface area contributed by atoms with E-state index in [1.807, 2.05) is 6.20 Å². The Morgan fingerprint density at radius 3 is 2.97 bits per heavy atom. The van der Waals surface area contributed by atoms with Crippen LogP contribution in [0, 0.1) is 11.6 Å². The van der Waals surface area contributed by atoms with Crippen LogP contribution < -0.4 is 10.1 Å². The number of aromatic nitrogens is 1. The molecule has 0 saturated heterocycles. The van der Waals surface area contributed by atoms with E-state index in [-0.39, 0.29) is 17.6 Å². The van der Waals surface area contributed by atoms with Crippen molar-refractivity contribution < 1.29 is 23.0 Å². The van der Waals surface area contributed by atoms with Gasteiger partial charge in [0, 0.05) is 28.7 Å². The van der Waals surface area contributed by atoms with Crippen LogP contribution in [-0.2, 0) is 17.6 Å². The van der Waals surface area contributed by atoms with Crippen molar-refractivity contribution in [3.8, 4) is 5.75 Å². The zero-order valence-electron chi connectivity index (χ0n) is 16.8. The van der Waals surface area contributed by atoms with Gasteiger partial charge in [-0.2, -0.15) is 0 Å². The summed E-state index contributed by atoms with van der Waals surface area (Å²) in [6.45, 7) is 1.11. The van der Waals surface area contributed by atoms with Crippen LogP contribution in [0.2, 0.25) is 0 Å². The number of rotatable bonds is 7. The van der Waals surface area contributed by atoms with Gasteiger partial charge in [-0.05, 0) is 68.1 Å². The highest BCUT2D eigenvalue weighted by molar-refractivity contribution is 5.92. The van der Waals surface area contributed by atoms with Gasteiger partial charge in [0.2, 0.25) is 0 Å². The Bertz CT molecular complexity index is 1060. The molecule has 0 amide bonds. The van der Waals surface area contributed by atoms with Crippen molar-refractivity contribution in [3.63, 3.8) is 0 Å². The molecule has 5 nitrogen and oxygen atoms in total. The summed E-state index contributed by atoms with van der Waals surface area (Å²) in [5.41, 5.74) is 2.94. The van der Waals surface area contributed by atoms with Crippen molar-refractivity contribution in [2.75, 3.05) is 20.3 Å². The summed E-state index contributed by atoms with van der Waals surface area (Å²) in [6, 6.07) is 7.43. The number of aryl methyl sites for hydroxylation is 1. The molecule has 1 aromatic heterocycles. The number of benzene rings is 2. The fourth-order valence-corrected chi connectivity index (χ4v) is 3.98. The van der Waals surface area contributed by atoms with Gasteiger partial charge in [-0.15, -0.1) is 0 Å². The van der Waals surface area contributed by atoms with E-state index in [9.17, 15) is 13.6 Å². The standard InChI is InChI=1S/C23H24F2N2O3/c1-29-23(28)17-6-7-20(25)22-19(17)11-16(13-30-22)26-9-3-2-4-14-12-27-21-8-5-15(24)10-18(14)21/h5-8,10,12,16,26-27H,2-4,9,11,13H2,1H3. The van der Waals surface area contributed by atoms with Gasteiger partial charge < -0.3 is 19.8 Å². The predicted octanol–water partition coefficient (Wildman–Crippen LogP) is 4.15. The smallest absolute Gasteiger partial charge is 0.338 e. The molecule has 1 aliphatic rings. The molecule has 7 heteroatoms. The van der Waals surface area contributed by atoms with Gasteiger partial charge in [0.25, 0.3) is 0 Å². The van der Waals surface area contributed by atoms with Crippen LogP contribution in [0.5, 0.6) is 5.75 Å². The first kappa shape index (κ1) is 20.3. The van der Waals surface area contributed by atoms with Crippen molar-refractivity contribution in [2.24, 2.45) is 0 Å². The number of nitrogens with one attached hydrogen (secondary N) is 2. The molecule has 0 bridgehead atoms. The maximum absolute atomic E-state index is 14.0. The zero-order chi connectivity index (χ0) is 21.1. The molecule has 0 saturated carbocycles. The van der Waals surface area contributed by atoms with E-state index >= 15 is 0 Å². The normalized spacial score (nSPS) is 15.6. The van der Waals surface area contributed by atoms with Crippen molar-refractivity contribution in [1.82, 2.24) is 10.3 Å². The topological polar surface area (TPSA) is 63.3 Å². The van der Waals surface area contributed by atoms with Crippen LogP contribution in [0.1, 0.15) is 34.3 Å². The van der Waals surface area contributed by atoms with Crippen molar-refractivity contribution >= 4 is 16.9 Å². The molecular weight excluding hydrogens is 390 g/mol. The highest BCUT2D eigenvalue weighted by atomic mass is 19.1. The van der Waals surface area contributed by atoms with Crippen LogP contribution in [-0.4, -0.2) is 37.3 Å². The molecule has 0 spiro atoms. The Morgan fingerprint density at radius 1 is 1.27 bits per heavy atom. The maximum atomic E-state index is 14.0. The Hall–Kier alpha value is -2.93. The van der Waals surface area contributed by atoms with Crippen LogP contribution in [0.25, 0.3) is 10.9 Å². The molecule has 1 atom stereocenters. The van der Waals surface area contributed by atoms with Gasteiger partial charge >= 0.3 is 5.97 Å². The molecule has 4 rings (SSSR count). The Kier molecular flexibility index (Phi) is 5.99. The summed E-state index contributed by atoms with van der Waals surface area (Å²) in [5, 5.41) is 4.35. The third-order valence-electron chi connectivity index (χ3n) is 5.53. The summed E-state index contributed by atoms with van der Waals surface area (Å²) in [7, 11) is 1.31. The van der Waals surface area contributed by atoms with E-state index in [2.05, 4.69) is 10.3 Å². The Morgan fingerprint density at radius 2 is 2.13 bits per heavy atom. The van der Waals surface area contributed by atoms with Gasteiger partial charge in [-0.25, -0.2) is 13.6 Å². The van der Waals surface area contributed by atoms with Gasteiger partial charge in [-0.1, -0.05) is 0 Å². The third kappa shape index (κ3) is 4.16. The van der Waals surface area contributed by atoms with E-state index in [1.165, 1.54) is 25.3 Å². The average Bonchev–Trinajstić information content (AvgIpc) is 3.15. The molecule has 1 unspecified atom stereocenters. The third-order valence-corrected chi connectivity index (χ3v) is 5.53. The molecule has 1 aliphatic heterocycles. The molecule has 3 aromatic rings. The molecule has 0 fully saturated rings. The van der Waals surface area contributed by atoms with Crippen molar-refractivity contribution in [1.29, 1.82) is 0 Å². The molecule has 158 valence electrons. The van der Waals surface area contributed by atoms with Crippen LogP contribution in [0.4, 0.5) is 8.78 Å². The van der Waals surface area contributed by atoms with Crippen molar-refractivity contribution in [3.05, 3.63) is 64.9 Å². The van der Waals surface area contributed by atoms with Crippen LogP contribution in [0.3, 0.4) is 0 Å². The lowest BCUT2D eigenvalue weighted by atomic mass is 9.96. The minimum absolute atomic E-state index is 0.00936. The van der Waals surface area contributed by atoms with Gasteiger partial charge in [0.15, 0.2) is 11.6 Å². The highest BCUT2D eigenvalue weighted by Gasteiger charge is 2.27. The number of methoxy groups -OCH3 is 1. The van der Waals surface area contributed by atoms with E-state index in [4.69, 9.17) is 9.47 Å². The second-order valence-electron chi connectivity index (χ2n) is 7.52. The number of hydrogen-bond acceptors (Lipinski definition) is 4. The largest absolute Gasteiger partial charge is 0.489 e. The summed E-state index contributed by atoms with van der Waals surface area (Å²) >= 11 is 0. The lowest BCUT2D eigenvalue weighted by molar-refractivity contribution is 0.0597. The average molecular weight is 414 g/mol. The van der Waals surface area contributed by atoms with Crippen LogP contribution >= 0.6 is 0 Å². The van der Waals surface area contributed by atoms with E-state index in [0.29, 0.717) is 24.2 Å². The number of unbranched alkanes of at least 4 members (excludes halogenated alkanes) is 1. The minimum Gasteiger partial charge on any atom is -0.489 e. The number of hydrogen-bond donors (Lipinski definition) is 2.